The Bertz CT molecular complexity index is 2760. The van der Waals surface area contributed by atoms with E-state index in [1.165, 1.54) is 199 Å². The molecule has 4 heteroatoms. The van der Waals surface area contributed by atoms with Crippen molar-refractivity contribution in [2.24, 2.45) is 23.7 Å². The normalized spacial score (nSPS) is 24.9. The maximum absolute atomic E-state index is 3.82. The molecule has 8 bridgehead atoms. The SMILES string of the molecule is CCCCCCCCC1(CCCCCCCC)c2cc(N(c3ccc(Br)cc3)c3ccc4c(c3)C3CC5CC(CC4C5)C3)ccc2-c2ccc(N(c3ccc(Br)cc3)c3ccc4c(c3)C3CC5CC(CC4C5)C3)cc21. The molecule has 0 aromatic heterocycles. The molecule has 4 fully saturated rings. The van der Waals surface area contributed by atoms with E-state index < -0.39 is 0 Å². The highest BCUT2D eigenvalue weighted by molar-refractivity contribution is 9.10. The third-order valence-electron chi connectivity index (χ3n) is 20.6. The Balaban J connectivity index is 0.948. The monoisotopic (exact) mass is 1120 g/mol. The van der Waals surface area contributed by atoms with E-state index in [1.807, 2.05) is 0 Å². The number of fused-ring (bicyclic) bond motifs is 3. The second kappa shape index (κ2) is 21.6. The Labute approximate surface area is 468 Å². The number of hydrogen-bond acceptors (Lipinski definition) is 2. The first-order valence-electron chi connectivity index (χ1n) is 30.5. The van der Waals surface area contributed by atoms with Crippen molar-refractivity contribution in [1.82, 2.24) is 0 Å². The molecule has 6 aromatic rings. The van der Waals surface area contributed by atoms with E-state index >= 15 is 0 Å². The summed E-state index contributed by atoms with van der Waals surface area (Å²) in [4.78, 5) is 5.26. The zero-order chi connectivity index (χ0) is 50.6. The topological polar surface area (TPSA) is 6.48 Å². The Hall–Kier alpha value is -4.12. The Morgan fingerprint density at radius 2 is 0.667 bits per heavy atom. The molecular weight excluding hydrogens is 1040 g/mol. The molecule has 9 aliphatic carbocycles. The summed E-state index contributed by atoms with van der Waals surface area (Å²) in [5.41, 5.74) is 20.3. The number of halogens is 2. The van der Waals surface area contributed by atoms with E-state index in [0.29, 0.717) is 11.8 Å². The lowest BCUT2D eigenvalue weighted by Crippen LogP contribution is -2.26. The zero-order valence-electron chi connectivity index (χ0n) is 45.3. The molecule has 0 heterocycles. The van der Waals surface area contributed by atoms with Gasteiger partial charge in [0.1, 0.15) is 0 Å². The highest BCUT2D eigenvalue weighted by Gasteiger charge is 2.46. The van der Waals surface area contributed by atoms with E-state index in [-0.39, 0.29) is 5.41 Å². The third kappa shape index (κ3) is 9.73. The largest absolute Gasteiger partial charge is 0.310 e. The average Bonchev–Trinajstić information content (AvgIpc) is 3.67. The van der Waals surface area contributed by atoms with Crippen molar-refractivity contribution in [3.05, 3.63) is 164 Å². The van der Waals surface area contributed by atoms with Gasteiger partial charge in [-0.25, -0.2) is 0 Å². The maximum Gasteiger partial charge on any atom is 0.0465 e. The summed E-state index contributed by atoms with van der Waals surface area (Å²) in [5.74, 6) is 6.50. The summed E-state index contributed by atoms with van der Waals surface area (Å²) in [5, 5.41) is 0. The third-order valence-corrected chi connectivity index (χ3v) is 21.7. The van der Waals surface area contributed by atoms with E-state index in [4.69, 9.17) is 0 Å². The Morgan fingerprint density at radius 3 is 1.05 bits per heavy atom. The van der Waals surface area contributed by atoms with E-state index in [9.17, 15) is 0 Å². The van der Waals surface area contributed by atoms with Crippen LogP contribution in [0.5, 0.6) is 0 Å². The van der Waals surface area contributed by atoms with Gasteiger partial charge in [0, 0.05) is 48.5 Å². The lowest BCUT2D eigenvalue weighted by atomic mass is 9.67. The van der Waals surface area contributed by atoms with Gasteiger partial charge < -0.3 is 9.80 Å². The second-order valence-corrected chi connectivity index (χ2v) is 27.3. The molecule has 0 N–H and O–H groups in total. The van der Waals surface area contributed by atoms with Crippen molar-refractivity contribution in [2.75, 3.05) is 9.80 Å². The molecule has 75 heavy (non-hydrogen) atoms. The van der Waals surface area contributed by atoms with Crippen LogP contribution in [0.4, 0.5) is 34.1 Å². The zero-order valence-corrected chi connectivity index (χ0v) is 48.5. The van der Waals surface area contributed by atoms with Crippen LogP contribution in [0.1, 0.15) is 225 Å². The van der Waals surface area contributed by atoms with Gasteiger partial charge in [-0.05, 0) is 266 Å². The number of unbranched alkanes of at least 4 members (excludes halogenated alkanes) is 10. The van der Waals surface area contributed by atoms with Gasteiger partial charge in [0.05, 0.1) is 0 Å². The maximum atomic E-state index is 3.82. The van der Waals surface area contributed by atoms with Crippen molar-refractivity contribution in [3.63, 3.8) is 0 Å². The first-order chi connectivity index (χ1) is 36.8. The van der Waals surface area contributed by atoms with Crippen LogP contribution in [0.25, 0.3) is 11.1 Å². The first-order valence-corrected chi connectivity index (χ1v) is 32.1. The fourth-order valence-corrected chi connectivity index (χ4v) is 18.0. The van der Waals surface area contributed by atoms with E-state index in [0.717, 1.165) is 44.5 Å². The molecule has 4 atom stereocenters. The molecule has 0 radical (unpaired) electrons. The van der Waals surface area contributed by atoms with E-state index in [2.05, 4.69) is 177 Å². The molecule has 15 rings (SSSR count). The van der Waals surface area contributed by atoms with Crippen molar-refractivity contribution in [2.45, 2.75) is 197 Å². The van der Waals surface area contributed by atoms with Crippen LogP contribution >= 0.6 is 31.9 Å². The summed E-state index contributed by atoms with van der Waals surface area (Å²) in [7, 11) is 0. The number of rotatable bonds is 20. The van der Waals surface area contributed by atoms with E-state index in [1.54, 1.807) is 33.4 Å². The van der Waals surface area contributed by atoms with Crippen molar-refractivity contribution >= 4 is 66.0 Å². The Morgan fingerprint density at radius 1 is 0.347 bits per heavy atom. The number of nitrogens with zero attached hydrogens (tertiary/aromatic N) is 2. The van der Waals surface area contributed by atoms with Crippen molar-refractivity contribution < 1.29 is 0 Å². The van der Waals surface area contributed by atoms with Crippen LogP contribution in [0.15, 0.2) is 130 Å². The predicted molar refractivity (Wildman–Crippen MR) is 325 cm³/mol. The summed E-state index contributed by atoms with van der Waals surface area (Å²) in [6.45, 7) is 4.70. The van der Waals surface area contributed by atoms with Crippen LogP contribution in [-0.4, -0.2) is 0 Å². The average molecular weight is 1120 g/mol. The van der Waals surface area contributed by atoms with Gasteiger partial charge in [0.2, 0.25) is 0 Å². The first kappa shape index (κ1) is 50.4. The minimum absolute atomic E-state index is 0.0965. The summed E-state index contributed by atoms with van der Waals surface area (Å²) < 4.78 is 2.25. The summed E-state index contributed by atoms with van der Waals surface area (Å²) >= 11 is 7.65. The van der Waals surface area contributed by atoms with Crippen molar-refractivity contribution in [3.8, 4) is 11.1 Å². The fourth-order valence-electron chi connectivity index (χ4n) is 17.5. The molecule has 390 valence electrons. The number of anilines is 6. The van der Waals surface area contributed by atoms with Crippen LogP contribution in [0.3, 0.4) is 0 Å². The van der Waals surface area contributed by atoms with Gasteiger partial charge in [0.15, 0.2) is 0 Å². The van der Waals surface area contributed by atoms with Crippen LogP contribution in [-0.2, 0) is 5.41 Å². The molecule has 9 aliphatic rings. The molecule has 0 saturated heterocycles. The highest BCUT2D eigenvalue weighted by atomic mass is 79.9. The molecule has 0 amide bonds. The highest BCUT2D eigenvalue weighted by Crippen LogP contribution is 2.61. The number of benzene rings is 6. The van der Waals surface area contributed by atoms with Gasteiger partial charge in [-0.2, -0.15) is 0 Å². The molecule has 4 saturated carbocycles. The minimum atomic E-state index is -0.0965. The summed E-state index contributed by atoms with van der Waals surface area (Å²) in [6.07, 6.45) is 32.2. The van der Waals surface area contributed by atoms with Gasteiger partial charge in [0.25, 0.3) is 0 Å². The molecule has 4 unspecified atom stereocenters. The van der Waals surface area contributed by atoms with Crippen LogP contribution < -0.4 is 9.80 Å². The van der Waals surface area contributed by atoms with Gasteiger partial charge in [-0.15, -0.1) is 0 Å². The van der Waals surface area contributed by atoms with Gasteiger partial charge >= 0.3 is 0 Å². The predicted octanol–water partition coefficient (Wildman–Crippen LogP) is 22.7. The van der Waals surface area contributed by atoms with Crippen LogP contribution in [0, 0.1) is 23.7 Å². The smallest absolute Gasteiger partial charge is 0.0465 e. The molecule has 0 aliphatic heterocycles. The Kier molecular flexibility index (Phi) is 14.5. The second-order valence-electron chi connectivity index (χ2n) is 25.4. The molecule has 0 spiro atoms. The van der Waals surface area contributed by atoms with Crippen LogP contribution in [0.2, 0.25) is 0 Å². The minimum Gasteiger partial charge on any atom is -0.310 e. The molecular formula is C71H82Br2N2. The standard InChI is InChI=1S/C71H82Br2N2/c1-3-5-7-9-11-13-31-71(32-14-12-10-8-6-4-2)69-45-61(74(57-19-15-55(72)16-20-57)59-23-27-63-51-35-47-33-48(36-51)40-53(39-47)67(63)43-59)25-29-65(69)66-30-26-62(46-70(66)71)75(58-21-17-56(73)18-22-58)60-24-28-64-52-37-49-34-50(38-52)42-54(41-49)68(64)44-60/h15-30,43-54H,3-14,31-42H2,1-2H3. The molecule has 6 aromatic carbocycles. The van der Waals surface area contributed by atoms with Gasteiger partial charge in [-0.1, -0.05) is 147 Å². The van der Waals surface area contributed by atoms with Crippen molar-refractivity contribution in [1.29, 1.82) is 0 Å². The lowest BCUT2D eigenvalue weighted by Gasteiger charge is -2.38. The lowest BCUT2D eigenvalue weighted by molar-refractivity contribution is 0.165. The van der Waals surface area contributed by atoms with Gasteiger partial charge in [-0.3, -0.25) is 0 Å². The fraction of sp³-hybridized carbons (Fsp3) is 0.493. The molecule has 2 nitrogen and oxygen atoms in total. The number of hydrogen-bond donors (Lipinski definition) is 0. The quantitative estimate of drug-likeness (QED) is 0.0703. The summed E-state index contributed by atoms with van der Waals surface area (Å²) in [6, 6.07) is 49.3.